The SMILES string of the molecule is CC(=O)OCC1=C(OC(C)=O)C(OC(C)=O)[C@H](n2ccc(=O)[nH]c2=S)O1. The number of carbonyl (C=O) groups excluding carboxylic acids is 3. The van der Waals surface area contributed by atoms with Crippen molar-refractivity contribution in [3.8, 4) is 0 Å². The van der Waals surface area contributed by atoms with Crippen LogP contribution in [0.15, 0.2) is 28.6 Å². The largest absolute Gasteiger partial charge is 0.463 e. The first-order valence-electron chi connectivity index (χ1n) is 7.39. The molecule has 2 heterocycles. The summed E-state index contributed by atoms with van der Waals surface area (Å²) in [5, 5.41) is 0. The lowest BCUT2D eigenvalue weighted by atomic mass is 10.2. The van der Waals surface area contributed by atoms with E-state index in [9.17, 15) is 19.2 Å². The van der Waals surface area contributed by atoms with E-state index in [1.807, 2.05) is 0 Å². The average molecular weight is 384 g/mol. The molecule has 1 aliphatic rings. The number of hydrogen-bond donors (Lipinski definition) is 1. The van der Waals surface area contributed by atoms with Gasteiger partial charge in [-0.1, -0.05) is 0 Å². The Kier molecular flexibility index (Phi) is 5.93. The normalized spacial score (nSPS) is 18.9. The van der Waals surface area contributed by atoms with Gasteiger partial charge in [0.25, 0.3) is 5.56 Å². The fourth-order valence-corrected chi connectivity index (χ4v) is 2.48. The Balaban J connectivity index is 2.47. The maximum absolute atomic E-state index is 11.5. The van der Waals surface area contributed by atoms with E-state index in [4.69, 9.17) is 31.2 Å². The minimum absolute atomic E-state index is 0.00411. The van der Waals surface area contributed by atoms with Crippen molar-refractivity contribution in [2.75, 3.05) is 6.61 Å². The zero-order valence-corrected chi connectivity index (χ0v) is 15.0. The monoisotopic (exact) mass is 384 g/mol. The van der Waals surface area contributed by atoms with Crippen molar-refractivity contribution in [3.05, 3.63) is 38.9 Å². The van der Waals surface area contributed by atoms with Crippen LogP contribution in [0.2, 0.25) is 0 Å². The number of nitrogens with zero attached hydrogens (tertiary/aromatic N) is 1. The molecule has 140 valence electrons. The van der Waals surface area contributed by atoms with Gasteiger partial charge in [0.1, 0.15) is 0 Å². The van der Waals surface area contributed by atoms with E-state index in [2.05, 4.69) is 4.98 Å². The molecular weight excluding hydrogens is 368 g/mol. The van der Waals surface area contributed by atoms with Gasteiger partial charge in [-0.3, -0.25) is 28.7 Å². The number of rotatable bonds is 5. The van der Waals surface area contributed by atoms with Gasteiger partial charge in [-0.25, -0.2) is 0 Å². The fraction of sp³-hybridized carbons (Fsp3) is 0.400. The average Bonchev–Trinajstić information content (AvgIpc) is 2.82. The standard InChI is InChI=1S/C15H16N2O8S/c1-7(18)22-6-10-12(23-8(2)19)13(24-9(3)20)14(25-10)17-5-4-11(21)16-15(17)26/h4-5,13-14H,6H2,1-3H3,(H,16,21,26)/t13?,14-/m1/s1. The molecule has 0 aromatic carbocycles. The lowest BCUT2D eigenvalue weighted by Crippen LogP contribution is -2.30. The van der Waals surface area contributed by atoms with E-state index < -0.39 is 35.8 Å². The number of nitrogens with one attached hydrogen (secondary N) is 1. The molecule has 0 saturated heterocycles. The highest BCUT2D eigenvalue weighted by atomic mass is 32.1. The van der Waals surface area contributed by atoms with Crippen LogP contribution in [0.5, 0.6) is 0 Å². The molecule has 0 radical (unpaired) electrons. The Morgan fingerprint density at radius 1 is 1.23 bits per heavy atom. The molecule has 0 saturated carbocycles. The number of esters is 3. The Hall–Kier alpha value is -2.95. The zero-order chi connectivity index (χ0) is 19.4. The van der Waals surface area contributed by atoms with E-state index in [1.54, 1.807) is 0 Å². The molecule has 0 fully saturated rings. The highest BCUT2D eigenvalue weighted by Crippen LogP contribution is 2.36. The molecule has 1 unspecified atom stereocenters. The molecule has 26 heavy (non-hydrogen) atoms. The van der Waals surface area contributed by atoms with Crippen LogP contribution in [0.4, 0.5) is 0 Å². The van der Waals surface area contributed by atoms with Gasteiger partial charge in [-0.05, 0) is 12.2 Å². The molecule has 11 heteroatoms. The fourth-order valence-electron chi connectivity index (χ4n) is 2.22. The van der Waals surface area contributed by atoms with Crippen molar-refractivity contribution < 1.29 is 33.3 Å². The summed E-state index contributed by atoms with van der Waals surface area (Å²) in [5.41, 5.74) is -0.429. The molecule has 1 aliphatic heterocycles. The minimum Gasteiger partial charge on any atom is -0.463 e. The van der Waals surface area contributed by atoms with Crippen LogP contribution in [0.3, 0.4) is 0 Å². The van der Waals surface area contributed by atoms with Crippen LogP contribution >= 0.6 is 12.2 Å². The maximum Gasteiger partial charge on any atom is 0.307 e. The number of hydrogen-bond acceptors (Lipinski definition) is 9. The van der Waals surface area contributed by atoms with Gasteiger partial charge in [0.15, 0.2) is 22.9 Å². The summed E-state index contributed by atoms with van der Waals surface area (Å²) in [6.07, 6.45) is -0.912. The van der Waals surface area contributed by atoms with Crippen molar-refractivity contribution in [2.24, 2.45) is 0 Å². The molecule has 1 aromatic heterocycles. The molecule has 1 aromatic rings. The van der Waals surface area contributed by atoms with Crippen molar-refractivity contribution in [1.29, 1.82) is 0 Å². The van der Waals surface area contributed by atoms with Gasteiger partial charge in [0.05, 0.1) is 0 Å². The quantitative estimate of drug-likeness (QED) is 0.443. The molecule has 1 N–H and O–H groups in total. The van der Waals surface area contributed by atoms with Gasteiger partial charge in [0.2, 0.25) is 12.3 Å². The predicted molar refractivity (Wildman–Crippen MR) is 87.0 cm³/mol. The Morgan fingerprint density at radius 3 is 2.46 bits per heavy atom. The van der Waals surface area contributed by atoms with Crippen molar-refractivity contribution in [3.63, 3.8) is 0 Å². The number of aromatic amines is 1. The molecule has 10 nitrogen and oxygen atoms in total. The van der Waals surface area contributed by atoms with Gasteiger partial charge in [-0.2, -0.15) is 0 Å². The molecule has 0 aliphatic carbocycles. The van der Waals surface area contributed by atoms with E-state index in [1.165, 1.54) is 30.7 Å². The maximum atomic E-state index is 11.5. The first-order valence-corrected chi connectivity index (χ1v) is 7.80. The summed E-state index contributed by atoms with van der Waals surface area (Å²) in [7, 11) is 0. The first kappa shape index (κ1) is 19.4. The molecule has 0 bridgehead atoms. The van der Waals surface area contributed by atoms with Crippen molar-refractivity contribution in [2.45, 2.75) is 33.1 Å². The van der Waals surface area contributed by atoms with Crippen molar-refractivity contribution in [1.82, 2.24) is 9.55 Å². The first-order chi connectivity index (χ1) is 12.2. The van der Waals surface area contributed by atoms with Crippen LogP contribution in [0, 0.1) is 4.77 Å². The van der Waals surface area contributed by atoms with E-state index in [0.29, 0.717) is 0 Å². The third kappa shape index (κ3) is 4.57. The Bertz CT molecular complexity index is 884. The van der Waals surface area contributed by atoms with Crippen LogP contribution in [-0.4, -0.2) is 40.2 Å². The summed E-state index contributed by atoms with van der Waals surface area (Å²) in [6.45, 7) is 3.17. The third-order valence-corrected chi connectivity index (χ3v) is 3.45. The number of aromatic nitrogens is 2. The van der Waals surface area contributed by atoms with Crippen molar-refractivity contribution >= 4 is 30.1 Å². The summed E-state index contributed by atoms with van der Waals surface area (Å²) in [6, 6.07) is 1.19. The predicted octanol–water partition coefficient (Wildman–Crippen LogP) is 0.704. The lowest BCUT2D eigenvalue weighted by Gasteiger charge is -2.22. The molecule has 0 spiro atoms. The van der Waals surface area contributed by atoms with Gasteiger partial charge >= 0.3 is 17.9 Å². The zero-order valence-electron chi connectivity index (χ0n) is 14.1. The number of ether oxygens (including phenoxy) is 4. The molecule has 2 rings (SSSR count). The Labute approximate surface area is 152 Å². The minimum atomic E-state index is -1.18. The second kappa shape index (κ2) is 7.95. The highest BCUT2D eigenvalue weighted by molar-refractivity contribution is 7.71. The second-order valence-electron chi connectivity index (χ2n) is 5.22. The third-order valence-electron chi connectivity index (χ3n) is 3.13. The van der Waals surface area contributed by atoms with Crippen LogP contribution in [-0.2, 0) is 33.3 Å². The topological polar surface area (TPSA) is 126 Å². The van der Waals surface area contributed by atoms with Gasteiger partial charge < -0.3 is 18.9 Å². The number of carbonyl (C=O) groups is 3. The van der Waals surface area contributed by atoms with Crippen LogP contribution in [0.25, 0.3) is 0 Å². The summed E-state index contributed by atoms with van der Waals surface area (Å²) < 4.78 is 22.2. The highest BCUT2D eigenvalue weighted by Gasteiger charge is 2.43. The van der Waals surface area contributed by atoms with Gasteiger partial charge in [0, 0.05) is 33.0 Å². The molecule has 0 amide bonds. The summed E-state index contributed by atoms with van der Waals surface area (Å²) in [4.78, 5) is 47.8. The summed E-state index contributed by atoms with van der Waals surface area (Å²) in [5.74, 6) is -2.08. The van der Waals surface area contributed by atoms with E-state index in [-0.39, 0.29) is 22.9 Å². The van der Waals surface area contributed by atoms with Crippen LogP contribution < -0.4 is 5.56 Å². The summed E-state index contributed by atoms with van der Waals surface area (Å²) >= 11 is 5.09. The van der Waals surface area contributed by atoms with E-state index >= 15 is 0 Å². The molecule has 2 atom stereocenters. The van der Waals surface area contributed by atoms with Gasteiger partial charge in [-0.15, -0.1) is 0 Å². The van der Waals surface area contributed by atoms with Crippen LogP contribution in [0.1, 0.15) is 27.0 Å². The molecular formula is C15H16N2O8S. The Morgan fingerprint density at radius 2 is 1.92 bits per heavy atom. The number of H-pyrrole nitrogens is 1. The smallest absolute Gasteiger partial charge is 0.307 e. The van der Waals surface area contributed by atoms with E-state index in [0.717, 1.165) is 6.92 Å². The second-order valence-corrected chi connectivity index (χ2v) is 5.60. The lowest BCUT2D eigenvalue weighted by molar-refractivity contribution is -0.156.